The van der Waals surface area contributed by atoms with E-state index in [2.05, 4.69) is 33.9 Å². The lowest BCUT2D eigenvalue weighted by Gasteiger charge is -2.36. The second-order valence-electron chi connectivity index (χ2n) is 7.80. The summed E-state index contributed by atoms with van der Waals surface area (Å²) in [5.74, 6) is -0.632. The highest BCUT2D eigenvalue weighted by Gasteiger charge is 2.50. The molecule has 1 saturated heterocycles. The molecule has 0 aromatic rings. The third-order valence-corrected chi connectivity index (χ3v) is 9.10. The van der Waals surface area contributed by atoms with Crippen LogP contribution in [0.25, 0.3) is 0 Å². The Balaban J connectivity index is 2.03. The fraction of sp³-hybridized carbons (Fsp3) is 0.867. The molecule has 0 spiro atoms. The Labute approximate surface area is 123 Å². The molecule has 0 amide bonds. The molecular weight excluding hydrogens is 272 g/mol. The monoisotopic (exact) mass is 300 g/mol. The highest BCUT2D eigenvalue weighted by molar-refractivity contribution is 6.74. The van der Waals surface area contributed by atoms with Crippen LogP contribution in [0, 0.1) is 0 Å². The predicted molar refractivity (Wildman–Crippen MR) is 81.1 cm³/mol. The Bertz CT molecular complexity index is 409. The van der Waals surface area contributed by atoms with Crippen molar-refractivity contribution in [3.8, 4) is 0 Å². The van der Waals surface area contributed by atoms with Gasteiger partial charge in [-0.1, -0.05) is 20.8 Å². The summed E-state index contributed by atoms with van der Waals surface area (Å²) in [6.07, 6.45) is 0.769. The lowest BCUT2D eigenvalue weighted by molar-refractivity contribution is -0.153. The van der Waals surface area contributed by atoms with Crippen molar-refractivity contribution in [1.82, 2.24) is 0 Å². The van der Waals surface area contributed by atoms with Gasteiger partial charge in [0, 0.05) is 0 Å². The minimum absolute atomic E-state index is 0.176. The fourth-order valence-corrected chi connectivity index (χ4v) is 3.31. The fourth-order valence-electron chi connectivity index (χ4n) is 2.35. The molecule has 1 heterocycles. The molecule has 5 heteroatoms. The highest BCUT2D eigenvalue weighted by atomic mass is 28.4. The molecule has 1 N–H and O–H groups in total. The van der Waals surface area contributed by atoms with Crippen molar-refractivity contribution < 1.29 is 19.0 Å². The van der Waals surface area contributed by atoms with Gasteiger partial charge in [-0.15, -0.1) is 0 Å². The van der Waals surface area contributed by atoms with Crippen LogP contribution in [0.4, 0.5) is 0 Å². The van der Waals surface area contributed by atoms with Crippen molar-refractivity contribution in [2.75, 3.05) is 6.61 Å². The van der Waals surface area contributed by atoms with Crippen molar-refractivity contribution in [2.45, 2.75) is 76.8 Å². The third kappa shape index (κ3) is 3.02. The quantitative estimate of drug-likeness (QED) is 0.643. The number of fused-ring (bicyclic) bond motifs is 1. The van der Waals surface area contributed by atoms with Crippen LogP contribution in [0.2, 0.25) is 18.1 Å². The number of hydrogen-bond donors (Lipinski definition) is 1. The summed E-state index contributed by atoms with van der Waals surface area (Å²) in [4.78, 5) is 0. The Morgan fingerprint density at radius 3 is 2.45 bits per heavy atom. The van der Waals surface area contributed by atoms with Crippen LogP contribution >= 0.6 is 0 Å². The van der Waals surface area contributed by atoms with E-state index in [1.54, 1.807) is 0 Å². The summed E-state index contributed by atoms with van der Waals surface area (Å²) in [5, 5.41) is 10.2. The lowest BCUT2D eigenvalue weighted by Crippen LogP contribution is -2.41. The first kappa shape index (κ1) is 16.2. The Morgan fingerprint density at radius 2 is 1.90 bits per heavy atom. The van der Waals surface area contributed by atoms with Crippen molar-refractivity contribution >= 4 is 8.32 Å². The second kappa shape index (κ2) is 4.92. The van der Waals surface area contributed by atoms with Crippen molar-refractivity contribution in [1.29, 1.82) is 0 Å². The largest absolute Gasteiger partial charge is 0.413 e. The number of aliphatic hydroxyl groups is 1. The molecule has 2 rings (SSSR count). The van der Waals surface area contributed by atoms with Gasteiger partial charge < -0.3 is 19.0 Å². The highest BCUT2D eigenvalue weighted by Crippen LogP contribution is 2.40. The SMILES string of the molecule is CC1(C)O[C@@H]2[C@@H](O)C=C(CO[Si](C)(C)C(C)(C)C)[C@@H]2O1. The van der Waals surface area contributed by atoms with Crippen LogP contribution in [0.3, 0.4) is 0 Å². The van der Waals surface area contributed by atoms with Gasteiger partial charge in [-0.3, -0.25) is 0 Å². The molecule has 4 nitrogen and oxygen atoms in total. The average Bonchev–Trinajstić information content (AvgIpc) is 2.70. The van der Waals surface area contributed by atoms with Gasteiger partial charge in [0.25, 0.3) is 0 Å². The molecule has 0 unspecified atom stereocenters. The second-order valence-corrected chi connectivity index (χ2v) is 12.6. The molecule has 0 aromatic heterocycles. The van der Waals surface area contributed by atoms with Crippen molar-refractivity contribution in [3.05, 3.63) is 11.6 Å². The van der Waals surface area contributed by atoms with Crippen LogP contribution in [0.5, 0.6) is 0 Å². The summed E-state index contributed by atoms with van der Waals surface area (Å²) in [6, 6.07) is 0. The molecular formula is C15H28O4Si. The maximum Gasteiger partial charge on any atom is 0.192 e. The standard InChI is InChI=1S/C15H28O4Si/c1-14(2,3)20(6,7)17-9-10-8-11(16)13-12(10)18-15(4,5)19-13/h8,11-13,16H,9H2,1-7H3/t11-,12-,13+/m0/s1. The van der Waals surface area contributed by atoms with E-state index in [1.807, 2.05) is 19.9 Å². The van der Waals surface area contributed by atoms with E-state index in [1.165, 1.54) is 0 Å². The van der Waals surface area contributed by atoms with Crippen LogP contribution < -0.4 is 0 Å². The topological polar surface area (TPSA) is 47.9 Å². The maximum absolute atomic E-state index is 10.1. The number of rotatable bonds is 3. The Kier molecular flexibility index (Phi) is 3.98. The van der Waals surface area contributed by atoms with E-state index < -0.39 is 20.2 Å². The molecule has 3 atom stereocenters. The minimum atomic E-state index is -1.79. The molecule has 2 aliphatic rings. The lowest BCUT2D eigenvalue weighted by atomic mass is 10.1. The van der Waals surface area contributed by atoms with E-state index in [0.717, 1.165) is 5.57 Å². The summed E-state index contributed by atoms with van der Waals surface area (Å²) in [6.45, 7) is 15.4. The van der Waals surface area contributed by atoms with Crippen LogP contribution in [0.15, 0.2) is 11.6 Å². The molecule has 0 aromatic carbocycles. The predicted octanol–water partition coefficient (Wildman–Crippen LogP) is 2.83. The van der Waals surface area contributed by atoms with E-state index in [0.29, 0.717) is 6.61 Å². The molecule has 1 aliphatic carbocycles. The average molecular weight is 300 g/mol. The van der Waals surface area contributed by atoms with E-state index >= 15 is 0 Å². The normalized spacial score (nSPS) is 33.2. The molecule has 0 bridgehead atoms. The molecule has 20 heavy (non-hydrogen) atoms. The van der Waals surface area contributed by atoms with Crippen LogP contribution in [-0.4, -0.2) is 44.1 Å². The van der Waals surface area contributed by atoms with Gasteiger partial charge in [-0.05, 0) is 43.6 Å². The van der Waals surface area contributed by atoms with Gasteiger partial charge in [0.15, 0.2) is 14.1 Å². The molecule has 0 saturated carbocycles. The van der Waals surface area contributed by atoms with Crippen LogP contribution in [0.1, 0.15) is 34.6 Å². The number of ether oxygens (including phenoxy) is 2. The van der Waals surface area contributed by atoms with Crippen LogP contribution in [-0.2, 0) is 13.9 Å². The van der Waals surface area contributed by atoms with Crippen molar-refractivity contribution in [2.24, 2.45) is 0 Å². The summed E-state index contributed by atoms with van der Waals surface area (Å²) in [7, 11) is -1.79. The van der Waals surface area contributed by atoms with E-state index in [9.17, 15) is 5.11 Å². The minimum Gasteiger partial charge on any atom is -0.413 e. The molecule has 116 valence electrons. The summed E-state index contributed by atoms with van der Waals surface area (Å²) < 4.78 is 17.9. The molecule has 0 radical (unpaired) electrons. The van der Waals surface area contributed by atoms with Gasteiger partial charge >= 0.3 is 0 Å². The first-order valence-corrected chi connectivity index (χ1v) is 10.2. The first-order valence-electron chi connectivity index (χ1n) is 7.31. The number of aliphatic hydroxyl groups excluding tert-OH is 1. The zero-order valence-corrected chi connectivity index (χ0v) is 14.7. The maximum atomic E-state index is 10.1. The zero-order chi connectivity index (χ0) is 15.3. The first-order chi connectivity index (χ1) is 8.93. The van der Waals surface area contributed by atoms with Gasteiger partial charge in [-0.25, -0.2) is 0 Å². The van der Waals surface area contributed by atoms with Crippen molar-refractivity contribution in [3.63, 3.8) is 0 Å². The Morgan fingerprint density at radius 1 is 1.30 bits per heavy atom. The van der Waals surface area contributed by atoms with Gasteiger partial charge in [0.1, 0.15) is 18.3 Å². The molecule has 1 aliphatic heterocycles. The Hall–Kier alpha value is -0.203. The van der Waals surface area contributed by atoms with E-state index in [4.69, 9.17) is 13.9 Å². The third-order valence-electron chi connectivity index (χ3n) is 4.62. The van der Waals surface area contributed by atoms with Gasteiger partial charge in [0.05, 0.1) is 6.61 Å². The van der Waals surface area contributed by atoms with Gasteiger partial charge in [0.2, 0.25) is 0 Å². The zero-order valence-electron chi connectivity index (χ0n) is 13.7. The van der Waals surface area contributed by atoms with Gasteiger partial charge in [-0.2, -0.15) is 0 Å². The molecule has 1 fully saturated rings. The van der Waals surface area contributed by atoms with E-state index in [-0.39, 0.29) is 17.2 Å². The summed E-state index contributed by atoms with van der Waals surface area (Å²) in [5.41, 5.74) is 1.01. The smallest absolute Gasteiger partial charge is 0.192 e. The number of hydrogen-bond acceptors (Lipinski definition) is 4. The summed E-state index contributed by atoms with van der Waals surface area (Å²) >= 11 is 0.